The molecular weight excluding hydrogens is 224 g/mol. The highest BCUT2D eigenvalue weighted by molar-refractivity contribution is 5.56. The maximum Gasteiger partial charge on any atom is 0.136 e. The zero-order valence-electron chi connectivity index (χ0n) is 10.8. The van der Waals surface area contributed by atoms with Crippen LogP contribution in [0.25, 0.3) is 0 Å². The quantitative estimate of drug-likeness (QED) is 0.806. The molecule has 1 aliphatic rings. The molecule has 1 aliphatic heterocycles. The number of hydrogen-bond acceptors (Lipinski definition) is 3. The van der Waals surface area contributed by atoms with Crippen molar-refractivity contribution < 1.29 is 4.79 Å². The summed E-state index contributed by atoms with van der Waals surface area (Å²) < 4.78 is 0. The minimum Gasteiger partial charge on any atom is -0.322 e. The van der Waals surface area contributed by atoms with Gasteiger partial charge in [0.1, 0.15) is 6.29 Å². The molecule has 1 aromatic carbocycles. The fourth-order valence-corrected chi connectivity index (χ4v) is 2.66. The minimum absolute atomic E-state index is 0.268. The monoisotopic (exact) mass is 246 g/mol. The first-order valence-electron chi connectivity index (χ1n) is 6.75. The number of nitrogens with zero attached hydrogens (tertiary/aromatic N) is 1. The van der Waals surface area contributed by atoms with Gasteiger partial charge in [-0.15, -0.1) is 0 Å². The molecule has 0 radical (unpaired) electrons. The van der Waals surface area contributed by atoms with Crippen LogP contribution in [-0.2, 0) is 11.3 Å². The van der Waals surface area contributed by atoms with Crippen LogP contribution in [0.2, 0.25) is 0 Å². The molecule has 0 spiro atoms. The van der Waals surface area contributed by atoms with Crippen molar-refractivity contribution >= 4 is 6.29 Å². The summed E-state index contributed by atoms with van der Waals surface area (Å²) in [5, 5.41) is 0. The molecule has 98 valence electrons. The molecule has 1 heterocycles. The van der Waals surface area contributed by atoms with Crippen molar-refractivity contribution in [2.24, 2.45) is 11.7 Å². The third-order valence-corrected chi connectivity index (χ3v) is 3.74. The standard InChI is InChI=1S/C15H22N2O/c16-15(12-18)10-13-6-8-17(9-7-13)11-14-4-2-1-3-5-14/h1-5,12-13,15H,6-11,16H2/t15-/m0/s1. The molecule has 2 rings (SSSR count). The summed E-state index contributed by atoms with van der Waals surface area (Å²) in [6.07, 6.45) is 4.04. The van der Waals surface area contributed by atoms with Crippen molar-refractivity contribution in [2.45, 2.75) is 31.8 Å². The number of hydrogen-bond donors (Lipinski definition) is 1. The molecule has 3 nitrogen and oxygen atoms in total. The number of carbonyl (C=O) groups is 1. The van der Waals surface area contributed by atoms with Crippen LogP contribution >= 0.6 is 0 Å². The summed E-state index contributed by atoms with van der Waals surface area (Å²) in [6, 6.07) is 10.3. The van der Waals surface area contributed by atoms with E-state index in [9.17, 15) is 4.79 Å². The van der Waals surface area contributed by atoms with Gasteiger partial charge in [0.15, 0.2) is 0 Å². The zero-order valence-corrected chi connectivity index (χ0v) is 10.8. The Balaban J connectivity index is 1.75. The molecule has 3 heteroatoms. The van der Waals surface area contributed by atoms with Gasteiger partial charge in [-0.3, -0.25) is 4.90 Å². The van der Waals surface area contributed by atoms with E-state index in [1.165, 1.54) is 5.56 Å². The smallest absolute Gasteiger partial charge is 0.136 e. The van der Waals surface area contributed by atoms with Crippen LogP contribution in [0.4, 0.5) is 0 Å². The Morgan fingerprint density at radius 2 is 1.94 bits per heavy atom. The molecule has 1 fully saturated rings. The maximum atomic E-state index is 10.5. The van der Waals surface area contributed by atoms with Crippen LogP contribution in [0.15, 0.2) is 30.3 Å². The minimum atomic E-state index is -0.268. The van der Waals surface area contributed by atoms with Gasteiger partial charge in [0.05, 0.1) is 6.04 Å². The molecule has 0 bridgehead atoms. The molecule has 0 saturated carbocycles. The van der Waals surface area contributed by atoms with Crippen molar-refractivity contribution in [3.63, 3.8) is 0 Å². The van der Waals surface area contributed by atoms with E-state index in [2.05, 4.69) is 35.2 Å². The van der Waals surface area contributed by atoms with Gasteiger partial charge in [0, 0.05) is 6.54 Å². The Hall–Kier alpha value is -1.19. The van der Waals surface area contributed by atoms with Crippen molar-refractivity contribution in [3.8, 4) is 0 Å². The lowest BCUT2D eigenvalue weighted by Crippen LogP contribution is -2.35. The van der Waals surface area contributed by atoms with E-state index in [-0.39, 0.29) is 6.04 Å². The molecule has 1 atom stereocenters. The van der Waals surface area contributed by atoms with Crippen LogP contribution in [0.1, 0.15) is 24.8 Å². The maximum absolute atomic E-state index is 10.5. The average Bonchev–Trinajstić information content (AvgIpc) is 2.42. The summed E-state index contributed by atoms with van der Waals surface area (Å²) >= 11 is 0. The topological polar surface area (TPSA) is 46.3 Å². The second kappa shape index (κ2) is 6.66. The normalized spacial score (nSPS) is 19.6. The van der Waals surface area contributed by atoms with Gasteiger partial charge in [0.2, 0.25) is 0 Å². The number of likely N-dealkylation sites (tertiary alicyclic amines) is 1. The number of rotatable bonds is 5. The summed E-state index contributed by atoms with van der Waals surface area (Å²) in [5.74, 6) is 0.622. The highest BCUT2D eigenvalue weighted by atomic mass is 16.1. The molecule has 18 heavy (non-hydrogen) atoms. The number of piperidine rings is 1. The Labute approximate surface area is 109 Å². The third-order valence-electron chi connectivity index (χ3n) is 3.74. The number of nitrogens with two attached hydrogens (primary N) is 1. The van der Waals surface area contributed by atoms with Crippen LogP contribution in [0, 0.1) is 5.92 Å². The van der Waals surface area contributed by atoms with Gasteiger partial charge in [-0.05, 0) is 43.8 Å². The average molecular weight is 246 g/mol. The van der Waals surface area contributed by atoms with E-state index < -0.39 is 0 Å². The lowest BCUT2D eigenvalue weighted by atomic mass is 9.90. The Morgan fingerprint density at radius 3 is 2.56 bits per heavy atom. The van der Waals surface area contributed by atoms with Crippen molar-refractivity contribution in [3.05, 3.63) is 35.9 Å². The molecule has 0 aliphatic carbocycles. The van der Waals surface area contributed by atoms with E-state index in [4.69, 9.17) is 5.73 Å². The molecule has 0 aromatic heterocycles. The molecular formula is C15H22N2O. The Bertz CT molecular complexity index is 358. The molecule has 2 N–H and O–H groups in total. The predicted molar refractivity (Wildman–Crippen MR) is 73.1 cm³/mol. The first-order chi connectivity index (χ1) is 8.78. The van der Waals surface area contributed by atoms with E-state index in [0.29, 0.717) is 5.92 Å². The van der Waals surface area contributed by atoms with E-state index in [0.717, 1.165) is 45.2 Å². The summed E-state index contributed by atoms with van der Waals surface area (Å²) in [7, 11) is 0. The largest absolute Gasteiger partial charge is 0.322 e. The highest BCUT2D eigenvalue weighted by Crippen LogP contribution is 2.22. The Kier molecular flexibility index (Phi) is 4.90. The number of aldehydes is 1. The van der Waals surface area contributed by atoms with Crippen molar-refractivity contribution in [2.75, 3.05) is 13.1 Å². The molecule has 1 aromatic rings. The van der Waals surface area contributed by atoms with E-state index in [1.54, 1.807) is 0 Å². The summed E-state index contributed by atoms with van der Waals surface area (Å²) in [6.45, 7) is 3.27. The van der Waals surface area contributed by atoms with Gasteiger partial charge < -0.3 is 10.5 Å². The Morgan fingerprint density at radius 1 is 1.28 bits per heavy atom. The lowest BCUT2D eigenvalue weighted by molar-refractivity contribution is -0.109. The summed E-state index contributed by atoms with van der Waals surface area (Å²) in [5.41, 5.74) is 7.06. The van der Waals surface area contributed by atoms with Gasteiger partial charge in [0.25, 0.3) is 0 Å². The van der Waals surface area contributed by atoms with Gasteiger partial charge in [-0.1, -0.05) is 30.3 Å². The second-order valence-corrected chi connectivity index (χ2v) is 5.24. The number of carbonyl (C=O) groups excluding carboxylic acids is 1. The van der Waals surface area contributed by atoms with Gasteiger partial charge >= 0.3 is 0 Å². The fourth-order valence-electron chi connectivity index (χ4n) is 2.66. The fraction of sp³-hybridized carbons (Fsp3) is 0.533. The predicted octanol–water partition coefficient (Wildman–Crippen LogP) is 1.81. The second-order valence-electron chi connectivity index (χ2n) is 5.24. The first-order valence-corrected chi connectivity index (χ1v) is 6.75. The van der Waals surface area contributed by atoms with Crippen LogP contribution < -0.4 is 5.73 Å². The lowest BCUT2D eigenvalue weighted by Gasteiger charge is -2.32. The van der Waals surface area contributed by atoms with E-state index >= 15 is 0 Å². The van der Waals surface area contributed by atoms with Crippen molar-refractivity contribution in [1.29, 1.82) is 0 Å². The molecule has 0 amide bonds. The van der Waals surface area contributed by atoms with Crippen LogP contribution in [-0.4, -0.2) is 30.3 Å². The highest BCUT2D eigenvalue weighted by Gasteiger charge is 2.20. The van der Waals surface area contributed by atoms with Crippen LogP contribution in [0.3, 0.4) is 0 Å². The first kappa shape index (κ1) is 13.2. The third kappa shape index (κ3) is 3.93. The van der Waals surface area contributed by atoms with Gasteiger partial charge in [-0.2, -0.15) is 0 Å². The van der Waals surface area contributed by atoms with Crippen LogP contribution in [0.5, 0.6) is 0 Å². The van der Waals surface area contributed by atoms with Crippen molar-refractivity contribution in [1.82, 2.24) is 4.90 Å². The summed E-state index contributed by atoms with van der Waals surface area (Å²) in [4.78, 5) is 13.0. The number of benzene rings is 1. The molecule has 1 saturated heterocycles. The molecule has 0 unspecified atom stereocenters. The van der Waals surface area contributed by atoms with Gasteiger partial charge in [-0.25, -0.2) is 0 Å². The zero-order chi connectivity index (χ0) is 12.8. The van der Waals surface area contributed by atoms with E-state index in [1.807, 2.05) is 0 Å². The SMILES string of the molecule is N[C@H](C=O)CC1CCN(Cc2ccccc2)CC1.